The average Bonchev–Trinajstić information content (AvgIpc) is 3.16. The number of hydrogen-bond acceptors (Lipinski definition) is 5. The van der Waals surface area contributed by atoms with Crippen molar-refractivity contribution in [2.75, 3.05) is 32.9 Å². The monoisotopic (exact) mass is 454 g/mol. The summed E-state index contributed by atoms with van der Waals surface area (Å²) in [5, 5.41) is 5.59. The Bertz CT molecular complexity index is 1120. The van der Waals surface area contributed by atoms with Crippen LogP contribution in [0.25, 0.3) is 10.9 Å². The predicted molar refractivity (Wildman–Crippen MR) is 122 cm³/mol. The number of halogens is 1. The van der Waals surface area contributed by atoms with Gasteiger partial charge in [-0.1, -0.05) is 29.8 Å². The van der Waals surface area contributed by atoms with Gasteiger partial charge in [0, 0.05) is 40.8 Å². The maximum Gasteiger partial charge on any atom is 0.277 e. The number of hydrogen-bond donors (Lipinski definition) is 1. The first kappa shape index (κ1) is 21.9. The highest BCUT2D eigenvalue weighted by Gasteiger charge is 2.18. The van der Waals surface area contributed by atoms with Crippen LogP contribution in [-0.4, -0.2) is 60.4 Å². The zero-order chi connectivity index (χ0) is 22.3. The molecule has 9 heteroatoms. The van der Waals surface area contributed by atoms with Crippen LogP contribution in [0.2, 0.25) is 5.02 Å². The van der Waals surface area contributed by atoms with Crippen molar-refractivity contribution in [3.63, 3.8) is 0 Å². The van der Waals surface area contributed by atoms with E-state index in [1.807, 2.05) is 39.9 Å². The number of benzene rings is 2. The molecule has 0 atom stereocenters. The summed E-state index contributed by atoms with van der Waals surface area (Å²) in [5.74, 6) is 0.203. The molecule has 0 bridgehead atoms. The van der Waals surface area contributed by atoms with Gasteiger partial charge in [-0.05, 0) is 30.3 Å². The van der Waals surface area contributed by atoms with E-state index < -0.39 is 0 Å². The van der Waals surface area contributed by atoms with Gasteiger partial charge in [0.1, 0.15) is 12.3 Å². The molecule has 1 aromatic heterocycles. The van der Waals surface area contributed by atoms with Crippen LogP contribution in [0, 0.1) is 0 Å². The number of rotatable bonds is 7. The van der Waals surface area contributed by atoms with E-state index in [0.717, 1.165) is 16.5 Å². The third-order valence-electron chi connectivity index (χ3n) is 5.07. The predicted octanol–water partition coefficient (Wildman–Crippen LogP) is 2.68. The SMILES string of the molecule is O=C(COc1ccc(Cl)cc1)NN=Cc1cn(CC(=O)N2CCOCC2)c2ccccc12. The highest BCUT2D eigenvalue weighted by Crippen LogP contribution is 2.20. The van der Waals surface area contributed by atoms with E-state index in [2.05, 4.69) is 10.5 Å². The number of hydrazone groups is 1. The van der Waals surface area contributed by atoms with E-state index in [0.29, 0.717) is 37.1 Å². The number of ether oxygens (including phenoxy) is 2. The molecule has 3 aromatic rings. The zero-order valence-electron chi connectivity index (χ0n) is 17.4. The number of carbonyl (C=O) groups excluding carboxylic acids is 2. The number of nitrogens with zero attached hydrogens (tertiary/aromatic N) is 3. The fourth-order valence-corrected chi connectivity index (χ4v) is 3.58. The van der Waals surface area contributed by atoms with Crippen molar-refractivity contribution in [2.45, 2.75) is 6.54 Å². The number of morpholine rings is 1. The van der Waals surface area contributed by atoms with Crippen LogP contribution in [0.4, 0.5) is 0 Å². The summed E-state index contributed by atoms with van der Waals surface area (Å²) in [6.07, 6.45) is 3.43. The molecular weight excluding hydrogens is 432 g/mol. The lowest BCUT2D eigenvalue weighted by Gasteiger charge is -2.27. The largest absolute Gasteiger partial charge is 0.484 e. The lowest BCUT2D eigenvalue weighted by molar-refractivity contribution is -0.135. The second-order valence-corrected chi connectivity index (χ2v) is 7.69. The summed E-state index contributed by atoms with van der Waals surface area (Å²) in [6, 6.07) is 14.5. The molecule has 1 N–H and O–H groups in total. The average molecular weight is 455 g/mol. The first-order valence-electron chi connectivity index (χ1n) is 10.2. The zero-order valence-corrected chi connectivity index (χ0v) is 18.1. The molecule has 32 heavy (non-hydrogen) atoms. The van der Waals surface area contributed by atoms with Crippen molar-refractivity contribution in [1.82, 2.24) is 14.9 Å². The Labute approximate surface area is 190 Å². The van der Waals surface area contributed by atoms with E-state index >= 15 is 0 Å². The Morgan fingerprint density at radius 1 is 1.12 bits per heavy atom. The summed E-state index contributed by atoms with van der Waals surface area (Å²) in [6.45, 7) is 2.41. The molecule has 4 rings (SSSR count). The fourth-order valence-electron chi connectivity index (χ4n) is 3.45. The topological polar surface area (TPSA) is 85.2 Å². The van der Waals surface area contributed by atoms with Crippen molar-refractivity contribution in [1.29, 1.82) is 0 Å². The van der Waals surface area contributed by atoms with Crippen LogP contribution in [0.15, 0.2) is 59.8 Å². The maximum absolute atomic E-state index is 12.7. The minimum Gasteiger partial charge on any atom is -0.484 e. The van der Waals surface area contributed by atoms with Gasteiger partial charge in [0.05, 0.1) is 19.4 Å². The number of para-hydroxylation sites is 1. The molecule has 2 aromatic carbocycles. The van der Waals surface area contributed by atoms with Gasteiger partial charge in [-0.25, -0.2) is 5.43 Å². The number of carbonyl (C=O) groups is 2. The molecule has 2 heterocycles. The van der Waals surface area contributed by atoms with E-state index in [1.165, 1.54) is 0 Å². The fraction of sp³-hybridized carbons (Fsp3) is 0.261. The van der Waals surface area contributed by atoms with Crippen LogP contribution in [0.1, 0.15) is 5.56 Å². The van der Waals surface area contributed by atoms with Crippen molar-refractivity contribution < 1.29 is 19.1 Å². The second-order valence-electron chi connectivity index (χ2n) is 7.26. The second kappa shape index (κ2) is 10.3. The molecule has 0 aliphatic carbocycles. The van der Waals surface area contributed by atoms with Gasteiger partial charge in [-0.3, -0.25) is 9.59 Å². The molecule has 0 radical (unpaired) electrons. The molecule has 166 valence electrons. The van der Waals surface area contributed by atoms with Gasteiger partial charge in [-0.15, -0.1) is 0 Å². The molecule has 1 saturated heterocycles. The third-order valence-corrected chi connectivity index (χ3v) is 5.32. The molecule has 2 amide bonds. The normalized spacial score (nSPS) is 14.1. The highest BCUT2D eigenvalue weighted by atomic mass is 35.5. The van der Waals surface area contributed by atoms with Gasteiger partial charge in [-0.2, -0.15) is 5.10 Å². The first-order chi connectivity index (χ1) is 15.6. The van der Waals surface area contributed by atoms with Crippen molar-refractivity contribution in [3.05, 3.63) is 65.3 Å². The minimum absolute atomic E-state index is 0.0465. The summed E-state index contributed by atoms with van der Waals surface area (Å²) in [4.78, 5) is 26.5. The quantitative estimate of drug-likeness (QED) is 0.439. The van der Waals surface area contributed by atoms with Gasteiger partial charge in [0.25, 0.3) is 5.91 Å². The molecule has 1 fully saturated rings. The number of fused-ring (bicyclic) bond motifs is 1. The van der Waals surface area contributed by atoms with E-state index in [9.17, 15) is 9.59 Å². The van der Waals surface area contributed by atoms with Crippen LogP contribution >= 0.6 is 11.6 Å². The number of amides is 2. The molecule has 0 unspecified atom stereocenters. The van der Waals surface area contributed by atoms with E-state index in [4.69, 9.17) is 21.1 Å². The molecule has 1 aliphatic rings. The van der Waals surface area contributed by atoms with Crippen LogP contribution < -0.4 is 10.2 Å². The van der Waals surface area contributed by atoms with Gasteiger partial charge < -0.3 is 18.9 Å². The summed E-state index contributed by atoms with van der Waals surface area (Å²) < 4.78 is 12.6. The summed E-state index contributed by atoms with van der Waals surface area (Å²) in [7, 11) is 0. The van der Waals surface area contributed by atoms with Crippen LogP contribution in [-0.2, 0) is 20.9 Å². The highest BCUT2D eigenvalue weighted by molar-refractivity contribution is 6.30. The lowest BCUT2D eigenvalue weighted by atomic mass is 10.2. The molecule has 1 aliphatic heterocycles. The summed E-state index contributed by atoms with van der Waals surface area (Å²) in [5.41, 5.74) is 4.18. The van der Waals surface area contributed by atoms with E-state index in [-0.39, 0.29) is 25.0 Å². The number of aromatic nitrogens is 1. The van der Waals surface area contributed by atoms with Crippen molar-refractivity contribution in [3.8, 4) is 5.75 Å². The molecule has 0 saturated carbocycles. The Morgan fingerprint density at radius 2 is 1.88 bits per heavy atom. The molecule has 0 spiro atoms. The van der Waals surface area contributed by atoms with Crippen molar-refractivity contribution in [2.24, 2.45) is 5.10 Å². The van der Waals surface area contributed by atoms with E-state index in [1.54, 1.807) is 30.5 Å². The smallest absolute Gasteiger partial charge is 0.277 e. The Kier molecular flexibility index (Phi) is 7.03. The van der Waals surface area contributed by atoms with Gasteiger partial charge in [0.2, 0.25) is 5.91 Å². The number of nitrogens with one attached hydrogen (secondary N) is 1. The maximum atomic E-state index is 12.7. The molecular formula is C23H23ClN4O4. The third kappa shape index (κ3) is 5.46. The van der Waals surface area contributed by atoms with Gasteiger partial charge in [0.15, 0.2) is 6.61 Å². The Balaban J connectivity index is 1.39. The summed E-state index contributed by atoms with van der Waals surface area (Å²) >= 11 is 5.83. The minimum atomic E-state index is -0.387. The molecule has 8 nitrogen and oxygen atoms in total. The lowest BCUT2D eigenvalue weighted by Crippen LogP contribution is -2.42. The van der Waals surface area contributed by atoms with Crippen molar-refractivity contribution >= 4 is 40.5 Å². The van der Waals surface area contributed by atoms with Gasteiger partial charge >= 0.3 is 0 Å². The first-order valence-corrected chi connectivity index (χ1v) is 10.6. The van der Waals surface area contributed by atoms with Crippen LogP contribution in [0.5, 0.6) is 5.75 Å². The van der Waals surface area contributed by atoms with Crippen LogP contribution in [0.3, 0.4) is 0 Å². The standard InChI is InChI=1S/C23H23ClN4O4/c24-18-5-7-19(8-6-18)32-16-22(29)26-25-13-17-14-28(21-4-2-1-3-20(17)21)15-23(30)27-9-11-31-12-10-27/h1-8,13-14H,9-12,15-16H2,(H,26,29). The Morgan fingerprint density at radius 3 is 2.66 bits per heavy atom. The Hall–Kier alpha value is -3.36.